The van der Waals surface area contributed by atoms with Gasteiger partial charge >= 0.3 is 0 Å². The quantitative estimate of drug-likeness (QED) is 0.587. The topological polar surface area (TPSA) is 0 Å². The summed E-state index contributed by atoms with van der Waals surface area (Å²) in [6, 6.07) is 8.63. The van der Waals surface area contributed by atoms with Crippen LogP contribution in [0, 0.1) is 0 Å². The van der Waals surface area contributed by atoms with E-state index in [-0.39, 0.29) is 7.43 Å². The number of rotatable bonds is 2. The first-order chi connectivity index (χ1) is 7.29. The van der Waals surface area contributed by atoms with Crippen LogP contribution in [0.4, 0.5) is 0 Å². The van der Waals surface area contributed by atoms with Crippen molar-refractivity contribution in [3.05, 3.63) is 35.4 Å². The molecule has 0 aliphatic carbocycles. The predicted molar refractivity (Wildman–Crippen MR) is 79.2 cm³/mol. The fourth-order valence-electron chi connectivity index (χ4n) is 1.25. The molecular weight excluding hydrogens is 192 g/mol. The SMILES string of the molecule is C.CC.CCC.CCc1ccccc1CC. The van der Waals surface area contributed by atoms with E-state index < -0.39 is 0 Å². The van der Waals surface area contributed by atoms with Gasteiger partial charge in [-0.3, -0.25) is 0 Å². The molecule has 16 heavy (non-hydrogen) atoms. The summed E-state index contributed by atoms with van der Waals surface area (Å²) in [7, 11) is 0. The first kappa shape index (κ1) is 20.6. The molecule has 0 N–H and O–H groups in total. The summed E-state index contributed by atoms with van der Waals surface area (Å²) in [6.45, 7) is 12.7. The molecule has 0 saturated heterocycles. The summed E-state index contributed by atoms with van der Waals surface area (Å²) < 4.78 is 0. The first-order valence-electron chi connectivity index (χ1n) is 6.36. The third-order valence-corrected chi connectivity index (χ3v) is 1.88. The summed E-state index contributed by atoms with van der Waals surface area (Å²) in [5, 5.41) is 0. The van der Waals surface area contributed by atoms with Crippen LogP contribution < -0.4 is 0 Å². The van der Waals surface area contributed by atoms with E-state index in [0.717, 1.165) is 12.8 Å². The Morgan fingerprint density at radius 1 is 0.750 bits per heavy atom. The van der Waals surface area contributed by atoms with Gasteiger partial charge in [0.2, 0.25) is 0 Å². The maximum absolute atomic E-state index is 2.21. The molecule has 1 aromatic carbocycles. The van der Waals surface area contributed by atoms with Crippen molar-refractivity contribution < 1.29 is 0 Å². The molecule has 0 aromatic heterocycles. The molecule has 0 fully saturated rings. The molecule has 0 amide bonds. The normalized spacial score (nSPS) is 7.62. The maximum Gasteiger partial charge on any atom is -0.0305 e. The molecule has 1 aromatic rings. The van der Waals surface area contributed by atoms with Gasteiger partial charge in [-0.05, 0) is 24.0 Å². The number of hydrogen-bond acceptors (Lipinski definition) is 0. The smallest absolute Gasteiger partial charge is 0.0305 e. The summed E-state index contributed by atoms with van der Waals surface area (Å²) >= 11 is 0. The monoisotopic (exact) mass is 224 g/mol. The molecule has 0 spiro atoms. The van der Waals surface area contributed by atoms with Gasteiger partial charge in [0, 0.05) is 0 Å². The highest BCUT2D eigenvalue weighted by molar-refractivity contribution is 5.26. The summed E-state index contributed by atoms with van der Waals surface area (Å²) in [5.41, 5.74) is 2.98. The molecule has 0 unspecified atom stereocenters. The number of benzene rings is 1. The van der Waals surface area contributed by atoms with E-state index >= 15 is 0 Å². The minimum Gasteiger partial charge on any atom is -0.0776 e. The van der Waals surface area contributed by atoms with E-state index in [0.29, 0.717) is 0 Å². The van der Waals surface area contributed by atoms with Gasteiger partial charge in [0.05, 0.1) is 0 Å². The second kappa shape index (κ2) is 16.6. The summed E-state index contributed by atoms with van der Waals surface area (Å²) in [4.78, 5) is 0. The zero-order chi connectivity index (χ0) is 12.1. The third kappa shape index (κ3) is 9.76. The Hall–Kier alpha value is -0.780. The van der Waals surface area contributed by atoms with Crippen molar-refractivity contribution in [3.8, 4) is 0 Å². The van der Waals surface area contributed by atoms with Gasteiger partial charge in [-0.15, -0.1) is 0 Å². The van der Waals surface area contributed by atoms with Crippen molar-refractivity contribution in [2.45, 2.75) is 68.2 Å². The lowest BCUT2D eigenvalue weighted by atomic mass is 10.0. The van der Waals surface area contributed by atoms with E-state index in [9.17, 15) is 0 Å². The predicted octanol–water partition coefficient (Wildman–Crippen LogP) is 5.89. The maximum atomic E-state index is 2.21. The zero-order valence-electron chi connectivity index (χ0n) is 11.4. The highest BCUT2D eigenvalue weighted by Gasteiger charge is 1.93. The van der Waals surface area contributed by atoms with Crippen molar-refractivity contribution in [1.82, 2.24) is 0 Å². The van der Waals surface area contributed by atoms with Gasteiger partial charge in [0.25, 0.3) is 0 Å². The van der Waals surface area contributed by atoms with Crippen molar-refractivity contribution in [3.63, 3.8) is 0 Å². The second-order valence-electron chi connectivity index (χ2n) is 3.18. The van der Waals surface area contributed by atoms with Crippen LogP contribution in [0.5, 0.6) is 0 Å². The first-order valence-corrected chi connectivity index (χ1v) is 6.36. The second-order valence-corrected chi connectivity index (χ2v) is 3.18. The lowest BCUT2D eigenvalue weighted by Crippen LogP contribution is -1.88. The van der Waals surface area contributed by atoms with Crippen molar-refractivity contribution in [2.75, 3.05) is 0 Å². The van der Waals surface area contributed by atoms with Crippen molar-refractivity contribution >= 4 is 0 Å². The molecule has 0 aliphatic rings. The minimum atomic E-state index is 0. The lowest BCUT2D eigenvalue weighted by Gasteiger charge is -2.02. The highest BCUT2D eigenvalue weighted by atomic mass is 14.0. The molecule has 0 radical (unpaired) electrons. The lowest BCUT2D eigenvalue weighted by molar-refractivity contribution is 1.04. The van der Waals surface area contributed by atoms with Gasteiger partial charge in [0.15, 0.2) is 0 Å². The van der Waals surface area contributed by atoms with Crippen LogP contribution in [-0.4, -0.2) is 0 Å². The Morgan fingerprint density at radius 2 is 1.00 bits per heavy atom. The molecule has 0 aliphatic heterocycles. The van der Waals surface area contributed by atoms with Gasteiger partial charge < -0.3 is 0 Å². The van der Waals surface area contributed by atoms with Crippen LogP contribution in [-0.2, 0) is 12.8 Å². The van der Waals surface area contributed by atoms with Gasteiger partial charge in [-0.2, -0.15) is 0 Å². The van der Waals surface area contributed by atoms with E-state index in [1.54, 1.807) is 0 Å². The van der Waals surface area contributed by atoms with Crippen LogP contribution in [0.15, 0.2) is 24.3 Å². The Balaban J connectivity index is -0.000000246. The molecule has 0 heteroatoms. The van der Waals surface area contributed by atoms with E-state index in [4.69, 9.17) is 0 Å². The van der Waals surface area contributed by atoms with Crippen LogP contribution in [0.2, 0.25) is 0 Å². The molecule has 0 atom stereocenters. The highest BCUT2D eigenvalue weighted by Crippen LogP contribution is 2.08. The third-order valence-electron chi connectivity index (χ3n) is 1.88. The fourth-order valence-corrected chi connectivity index (χ4v) is 1.25. The van der Waals surface area contributed by atoms with E-state index in [2.05, 4.69) is 52.0 Å². The van der Waals surface area contributed by atoms with Gasteiger partial charge in [0.1, 0.15) is 0 Å². The standard InChI is InChI=1S/C10H14.C3H8.C2H6.CH4/c1-3-9-7-5-6-8-10(9)4-2;1-3-2;1-2;/h5-8H,3-4H2,1-2H3;3H2,1-2H3;1-2H3;1H4. The molecule has 0 bridgehead atoms. The van der Waals surface area contributed by atoms with Gasteiger partial charge in [-0.25, -0.2) is 0 Å². The Bertz CT molecular complexity index is 190. The number of aryl methyl sites for hydroxylation is 2. The molecule has 0 saturated carbocycles. The zero-order valence-corrected chi connectivity index (χ0v) is 11.4. The van der Waals surface area contributed by atoms with Crippen molar-refractivity contribution in [2.24, 2.45) is 0 Å². The van der Waals surface area contributed by atoms with Crippen LogP contribution >= 0.6 is 0 Å². The van der Waals surface area contributed by atoms with E-state index in [1.165, 1.54) is 17.5 Å². The van der Waals surface area contributed by atoms with Crippen LogP contribution in [0.1, 0.15) is 66.5 Å². The Morgan fingerprint density at radius 3 is 1.19 bits per heavy atom. The Kier molecular flexibility index (Phi) is 21.4. The van der Waals surface area contributed by atoms with Crippen molar-refractivity contribution in [1.29, 1.82) is 0 Å². The molecule has 0 nitrogen and oxygen atoms in total. The average Bonchev–Trinajstić information content (AvgIpc) is 2.32. The molecular formula is C16H32. The van der Waals surface area contributed by atoms with E-state index in [1.807, 2.05) is 13.8 Å². The summed E-state index contributed by atoms with van der Waals surface area (Å²) in [6.07, 6.45) is 3.56. The average molecular weight is 224 g/mol. The van der Waals surface area contributed by atoms with Crippen LogP contribution in [0.3, 0.4) is 0 Å². The number of hydrogen-bond donors (Lipinski definition) is 0. The summed E-state index contributed by atoms with van der Waals surface area (Å²) in [5.74, 6) is 0. The fraction of sp³-hybridized carbons (Fsp3) is 0.625. The molecule has 0 heterocycles. The Labute approximate surface area is 104 Å². The minimum absolute atomic E-state index is 0. The molecule has 1 rings (SSSR count). The largest absolute Gasteiger partial charge is 0.0776 e. The van der Waals surface area contributed by atoms with Gasteiger partial charge in [-0.1, -0.05) is 79.7 Å². The molecule has 96 valence electrons. The van der Waals surface area contributed by atoms with Crippen LogP contribution in [0.25, 0.3) is 0 Å².